The van der Waals surface area contributed by atoms with Gasteiger partial charge >= 0.3 is 0 Å². The van der Waals surface area contributed by atoms with Gasteiger partial charge in [0.15, 0.2) is 15.2 Å². The van der Waals surface area contributed by atoms with E-state index in [2.05, 4.69) is 31.8 Å². The van der Waals surface area contributed by atoms with Crippen molar-refractivity contribution in [3.8, 4) is 12.1 Å². The van der Waals surface area contributed by atoms with E-state index in [1.165, 1.54) is 18.6 Å². The van der Waals surface area contributed by atoms with Crippen LogP contribution in [0.3, 0.4) is 0 Å². The Labute approximate surface area is 165 Å². The van der Waals surface area contributed by atoms with E-state index in [1.807, 2.05) is 11.8 Å². The van der Waals surface area contributed by atoms with Crippen LogP contribution in [-0.2, 0) is 10.0 Å². The van der Waals surface area contributed by atoms with Crippen LogP contribution in [0.2, 0.25) is 0 Å². The first-order valence-corrected chi connectivity index (χ1v) is 10.7. The van der Waals surface area contributed by atoms with Crippen LogP contribution in [0.1, 0.15) is 17.5 Å². The fraction of sp³-hybridized carbons (Fsp3) is 0.294. The van der Waals surface area contributed by atoms with Gasteiger partial charge in [-0.3, -0.25) is 4.72 Å². The molecule has 0 radical (unpaired) electrons. The zero-order chi connectivity index (χ0) is 19.9. The Morgan fingerprint density at radius 2 is 2.18 bits per heavy atom. The highest BCUT2D eigenvalue weighted by Gasteiger charge is 2.27. The van der Waals surface area contributed by atoms with Crippen molar-refractivity contribution in [2.45, 2.75) is 17.6 Å². The fourth-order valence-electron chi connectivity index (χ4n) is 3.21. The minimum Gasteiger partial charge on any atom is -0.357 e. The molecule has 0 aromatic carbocycles. The first-order valence-electron chi connectivity index (χ1n) is 8.43. The molecule has 3 aromatic heterocycles. The molecule has 3 aromatic rings. The van der Waals surface area contributed by atoms with Gasteiger partial charge in [-0.15, -0.1) is 0 Å². The number of hydrogen-bond donors (Lipinski definition) is 2. The summed E-state index contributed by atoms with van der Waals surface area (Å²) >= 11 is 1.05. The van der Waals surface area contributed by atoms with Crippen molar-refractivity contribution in [2.75, 3.05) is 22.7 Å². The maximum atomic E-state index is 12.8. The fourth-order valence-corrected chi connectivity index (χ4v) is 5.39. The molecule has 1 aliphatic heterocycles. The van der Waals surface area contributed by atoms with Gasteiger partial charge in [0.2, 0.25) is 0 Å². The molecule has 1 fully saturated rings. The smallest absolute Gasteiger partial charge is 0.274 e. The number of aromatic nitrogens is 3. The molecule has 1 atom stereocenters. The molecule has 4 rings (SSSR count). The third-order valence-electron chi connectivity index (χ3n) is 4.63. The van der Waals surface area contributed by atoms with Crippen molar-refractivity contribution in [1.29, 1.82) is 10.5 Å². The molecule has 0 amide bonds. The predicted molar refractivity (Wildman–Crippen MR) is 104 cm³/mol. The second kappa shape index (κ2) is 6.78. The number of nitriles is 2. The number of aromatic amines is 1. The van der Waals surface area contributed by atoms with Crippen molar-refractivity contribution < 1.29 is 8.42 Å². The molecule has 0 bridgehead atoms. The topological polar surface area (TPSA) is 139 Å². The third-order valence-corrected chi connectivity index (χ3v) is 7.49. The van der Waals surface area contributed by atoms with Gasteiger partial charge in [0, 0.05) is 30.9 Å². The molecule has 4 heterocycles. The summed E-state index contributed by atoms with van der Waals surface area (Å²) in [4.78, 5) is 13.2. The lowest BCUT2D eigenvalue weighted by Gasteiger charge is -2.12. The number of H-pyrrole nitrogens is 1. The summed E-state index contributed by atoms with van der Waals surface area (Å²) in [7, 11) is -3.89. The highest BCUT2D eigenvalue weighted by atomic mass is 32.2. The number of thiazole rings is 1. The first-order chi connectivity index (χ1) is 13.4. The van der Waals surface area contributed by atoms with Crippen LogP contribution >= 0.6 is 11.3 Å². The molecule has 9 nitrogen and oxygen atoms in total. The molecule has 2 N–H and O–H groups in total. The summed E-state index contributed by atoms with van der Waals surface area (Å²) in [5.41, 5.74) is 1.66. The quantitative estimate of drug-likeness (QED) is 0.669. The molecular weight excluding hydrogens is 398 g/mol. The number of pyridine rings is 1. The Morgan fingerprint density at radius 1 is 1.36 bits per heavy atom. The van der Waals surface area contributed by atoms with Gasteiger partial charge in [0.1, 0.15) is 6.07 Å². The minimum atomic E-state index is -3.89. The zero-order valence-corrected chi connectivity index (χ0v) is 16.4. The maximum Gasteiger partial charge on any atom is 0.274 e. The lowest BCUT2D eigenvalue weighted by molar-refractivity contribution is 0.603. The number of anilines is 2. The second-order valence-corrected chi connectivity index (χ2v) is 9.40. The largest absolute Gasteiger partial charge is 0.357 e. The Bertz CT molecular complexity index is 1250. The van der Waals surface area contributed by atoms with Crippen LogP contribution in [0, 0.1) is 35.5 Å². The highest BCUT2D eigenvalue weighted by molar-refractivity contribution is 7.94. The molecule has 142 valence electrons. The number of sulfonamides is 1. The number of aryl methyl sites for hydroxylation is 1. The average Bonchev–Trinajstić information content (AvgIpc) is 3.42. The van der Waals surface area contributed by atoms with Crippen molar-refractivity contribution in [3.05, 3.63) is 29.7 Å². The SMILES string of the molecule is Cc1cnc(NS(=O)(=O)c2cnc(N3CCC(C#N)C3)s2)c2[nH]cc(C#N)c12. The van der Waals surface area contributed by atoms with Crippen LogP contribution in [0.15, 0.2) is 22.8 Å². The maximum absolute atomic E-state index is 12.8. The van der Waals surface area contributed by atoms with E-state index in [0.29, 0.717) is 34.7 Å². The van der Waals surface area contributed by atoms with Crippen LogP contribution in [0.5, 0.6) is 0 Å². The third kappa shape index (κ3) is 3.05. The number of fused-ring (bicyclic) bond motifs is 1. The predicted octanol–water partition coefficient (Wildman–Crippen LogP) is 2.35. The van der Waals surface area contributed by atoms with Crippen LogP contribution in [-0.4, -0.2) is 36.5 Å². The van der Waals surface area contributed by atoms with Gasteiger partial charge < -0.3 is 9.88 Å². The molecule has 11 heteroatoms. The van der Waals surface area contributed by atoms with Crippen molar-refractivity contribution in [1.82, 2.24) is 15.0 Å². The van der Waals surface area contributed by atoms with Gasteiger partial charge in [-0.2, -0.15) is 10.5 Å². The van der Waals surface area contributed by atoms with E-state index in [0.717, 1.165) is 23.3 Å². The van der Waals surface area contributed by atoms with Crippen molar-refractivity contribution >= 4 is 43.2 Å². The van der Waals surface area contributed by atoms with Crippen LogP contribution in [0.4, 0.5) is 10.9 Å². The Balaban J connectivity index is 1.64. The van der Waals surface area contributed by atoms with E-state index in [9.17, 15) is 13.7 Å². The van der Waals surface area contributed by atoms with E-state index in [1.54, 1.807) is 0 Å². The second-order valence-electron chi connectivity index (χ2n) is 6.48. The van der Waals surface area contributed by atoms with Gasteiger partial charge in [-0.1, -0.05) is 11.3 Å². The zero-order valence-electron chi connectivity index (χ0n) is 14.8. The van der Waals surface area contributed by atoms with Crippen LogP contribution in [0.25, 0.3) is 10.9 Å². The summed E-state index contributed by atoms with van der Waals surface area (Å²) in [5.74, 6) is 0.0668. The Hall–Kier alpha value is -3.15. The van der Waals surface area contributed by atoms with Crippen LogP contribution < -0.4 is 9.62 Å². The Kier molecular flexibility index (Phi) is 4.41. The summed E-state index contributed by atoms with van der Waals surface area (Å²) in [6, 6.07) is 4.31. The molecule has 1 saturated heterocycles. The summed E-state index contributed by atoms with van der Waals surface area (Å²) in [6.45, 7) is 3.04. The summed E-state index contributed by atoms with van der Waals surface area (Å²) < 4.78 is 28.2. The van der Waals surface area contributed by atoms with Gasteiger partial charge in [-0.05, 0) is 18.9 Å². The molecular formula is C17H15N7O2S2. The number of nitrogens with one attached hydrogen (secondary N) is 2. The standard InChI is InChI=1S/C17H15N7O2S2/c1-10-6-21-16(15-14(10)12(5-19)7-20-15)23-28(25,26)13-8-22-17(27-13)24-3-2-11(4-18)9-24/h6-8,11,20H,2-3,9H2,1H3,(H,21,23). The molecule has 1 unspecified atom stereocenters. The van der Waals surface area contributed by atoms with Gasteiger partial charge in [0.25, 0.3) is 10.0 Å². The van der Waals surface area contributed by atoms with Crippen molar-refractivity contribution in [2.24, 2.45) is 5.92 Å². The normalized spacial score (nSPS) is 16.8. The van der Waals surface area contributed by atoms with Crippen molar-refractivity contribution in [3.63, 3.8) is 0 Å². The molecule has 0 spiro atoms. The molecule has 1 aliphatic rings. The molecule has 0 aliphatic carbocycles. The minimum absolute atomic E-state index is 0.0606. The lowest BCUT2D eigenvalue weighted by atomic mass is 10.1. The van der Waals surface area contributed by atoms with E-state index < -0.39 is 10.0 Å². The average molecular weight is 413 g/mol. The summed E-state index contributed by atoms with van der Waals surface area (Å²) in [6.07, 6.45) is 5.11. The lowest BCUT2D eigenvalue weighted by Crippen LogP contribution is -2.18. The summed E-state index contributed by atoms with van der Waals surface area (Å²) in [5, 5.41) is 19.5. The monoisotopic (exact) mass is 413 g/mol. The number of rotatable bonds is 4. The van der Waals surface area contributed by atoms with E-state index >= 15 is 0 Å². The van der Waals surface area contributed by atoms with Gasteiger partial charge in [-0.25, -0.2) is 18.4 Å². The van der Waals surface area contributed by atoms with E-state index in [4.69, 9.17) is 5.26 Å². The number of nitrogens with zero attached hydrogens (tertiary/aromatic N) is 5. The first kappa shape index (κ1) is 18.2. The Morgan fingerprint density at radius 3 is 2.89 bits per heavy atom. The highest BCUT2D eigenvalue weighted by Crippen LogP contribution is 2.32. The molecule has 0 saturated carbocycles. The van der Waals surface area contributed by atoms with E-state index in [-0.39, 0.29) is 15.9 Å². The molecule has 28 heavy (non-hydrogen) atoms. The number of hydrogen-bond acceptors (Lipinski definition) is 8. The van der Waals surface area contributed by atoms with Gasteiger partial charge in [0.05, 0.1) is 29.3 Å².